The van der Waals surface area contributed by atoms with Crippen molar-refractivity contribution >= 4 is 29.1 Å². The van der Waals surface area contributed by atoms with E-state index in [4.69, 9.17) is 0 Å². The number of benzene rings is 2. The van der Waals surface area contributed by atoms with E-state index in [1.165, 1.54) is 24.3 Å². The molecule has 12 nitrogen and oxygen atoms in total. The number of rotatable bonds is 7. The van der Waals surface area contributed by atoms with Gasteiger partial charge in [-0.15, -0.1) is 0 Å². The maximum atomic E-state index is 13.6. The van der Waals surface area contributed by atoms with Crippen molar-refractivity contribution in [2.24, 2.45) is 0 Å². The lowest BCUT2D eigenvalue weighted by Crippen LogP contribution is -2.30. The van der Waals surface area contributed by atoms with Crippen LogP contribution >= 0.6 is 0 Å². The molecule has 198 valence electrons. The third-order valence-corrected chi connectivity index (χ3v) is 6.56. The standard InChI is InChI=1S/C26H21FN6O6/c1-13-8-14(2-6-18(13)27)11-28-25(35)21-10-20(30-23-22(33(38)39)12-29-32(21)23)24(34)31-19-7-4-15-9-16(26(36)37)3-5-17(15)19/h2-3,5-6,8-10,12,19H,4,7,11H2,1H3,(H,28,35)(H,31,34)(H,36,37)/t19-/m0/s1. The highest BCUT2D eigenvalue weighted by Crippen LogP contribution is 2.32. The first-order valence-corrected chi connectivity index (χ1v) is 11.9. The van der Waals surface area contributed by atoms with Gasteiger partial charge >= 0.3 is 11.7 Å². The zero-order valence-electron chi connectivity index (χ0n) is 20.5. The van der Waals surface area contributed by atoms with Crippen LogP contribution in [0.15, 0.2) is 48.7 Å². The smallest absolute Gasteiger partial charge is 0.335 e. The highest BCUT2D eigenvalue weighted by Gasteiger charge is 2.28. The lowest BCUT2D eigenvalue weighted by Gasteiger charge is -2.15. The minimum Gasteiger partial charge on any atom is -0.478 e. The van der Waals surface area contributed by atoms with Gasteiger partial charge in [-0.25, -0.2) is 18.7 Å². The third-order valence-electron chi connectivity index (χ3n) is 6.56. The van der Waals surface area contributed by atoms with E-state index in [1.54, 1.807) is 25.1 Å². The summed E-state index contributed by atoms with van der Waals surface area (Å²) in [6, 6.07) is 9.79. The largest absolute Gasteiger partial charge is 0.478 e. The number of aryl methyl sites for hydroxylation is 2. The fourth-order valence-corrected chi connectivity index (χ4v) is 4.58. The molecule has 39 heavy (non-hydrogen) atoms. The fraction of sp³-hybridized carbons (Fsp3) is 0.192. The van der Waals surface area contributed by atoms with Crippen LogP contribution in [-0.4, -0.2) is 42.4 Å². The molecule has 0 bridgehead atoms. The normalized spacial score (nSPS) is 14.2. The van der Waals surface area contributed by atoms with Gasteiger partial charge in [0.1, 0.15) is 23.4 Å². The van der Waals surface area contributed by atoms with Gasteiger partial charge in [-0.2, -0.15) is 5.10 Å². The van der Waals surface area contributed by atoms with Crippen LogP contribution in [0, 0.1) is 22.9 Å². The number of amides is 2. The van der Waals surface area contributed by atoms with E-state index in [2.05, 4.69) is 20.7 Å². The van der Waals surface area contributed by atoms with Crippen molar-refractivity contribution in [1.82, 2.24) is 25.2 Å². The molecule has 0 fully saturated rings. The van der Waals surface area contributed by atoms with Crippen LogP contribution in [0.1, 0.15) is 66.1 Å². The van der Waals surface area contributed by atoms with Crippen LogP contribution in [-0.2, 0) is 13.0 Å². The molecular weight excluding hydrogens is 511 g/mol. The number of aromatic carboxylic acids is 1. The minimum atomic E-state index is -1.05. The van der Waals surface area contributed by atoms with Crippen LogP contribution in [0.5, 0.6) is 0 Å². The molecule has 2 aromatic heterocycles. The third kappa shape index (κ3) is 4.89. The molecule has 1 aliphatic carbocycles. The Morgan fingerprint density at radius 1 is 1.18 bits per heavy atom. The summed E-state index contributed by atoms with van der Waals surface area (Å²) in [5.74, 6) is -2.78. The molecular formula is C26H21FN6O6. The first kappa shape index (κ1) is 25.4. The average molecular weight is 532 g/mol. The summed E-state index contributed by atoms with van der Waals surface area (Å²) < 4.78 is 14.6. The number of carboxylic acid groups (broad SMARTS) is 1. The maximum Gasteiger partial charge on any atom is 0.335 e. The number of halogens is 1. The fourth-order valence-electron chi connectivity index (χ4n) is 4.58. The number of hydrogen-bond acceptors (Lipinski definition) is 7. The van der Waals surface area contributed by atoms with Crippen molar-refractivity contribution in [1.29, 1.82) is 0 Å². The summed E-state index contributed by atoms with van der Waals surface area (Å²) >= 11 is 0. The Bertz CT molecular complexity index is 1680. The summed E-state index contributed by atoms with van der Waals surface area (Å²) in [6.45, 7) is 1.63. The van der Waals surface area contributed by atoms with Crippen molar-refractivity contribution in [2.75, 3.05) is 0 Å². The van der Waals surface area contributed by atoms with Crippen molar-refractivity contribution in [3.05, 3.63) is 104 Å². The van der Waals surface area contributed by atoms with E-state index in [1.807, 2.05) is 0 Å². The second kappa shape index (κ2) is 9.93. The molecule has 0 unspecified atom stereocenters. The molecule has 3 N–H and O–H groups in total. The van der Waals surface area contributed by atoms with Crippen molar-refractivity contribution in [3.63, 3.8) is 0 Å². The number of nitrogens with zero attached hydrogens (tertiary/aromatic N) is 4. The number of carbonyl (C=O) groups excluding carboxylic acids is 2. The number of fused-ring (bicyclic) bond motifs is 2. The summed E-state index contributed by atoms with van der Waals surface area (Å²) in [4.78, 5) is 52.5. The van der Waals surface area contributed by atoms with E-state index in [-0.39, 0.29) is 35.0 Å². The lowest BCUT2D eigenvalue weighted by atomic mass is 10.0. The van der Waals surface area contributed by atoms with Gasteiger partial charge in [-0.3, -0.25) is 19.7 Å². The summed E-state index contributed by atoms with van der Waals surface area (Å²) in [5, 5.41) is 30.2. The molecule has 0 radical (unpaired) electrons. The number of aromatic nitrogens is 3. The number of carboxylic acids is 1. The zero-order chi connectivity index (χ0) is 27.8. The number of nitro groups is 1. The number of nitrogens with one attached hydrogen (secondary N) is 2. The molecule has 4 aromatic rings. The van der Waals surface area contributed by atoms with Crippen LogP contribution in [0.25, 0.3) is 5.65 Å². The summed E-state index contributed by atoms with van der Waals surface area (Å²) in [7, 11) is 0. The van der Waals surface area contributed by atoms with Crippen molar-refractivity contribution in [3.8, 4) is 0 Å². The first-order chi connectivity index (χ1) is 18.6. The highest BCUT2D eigenvalue weighted by atomic mass is 19.1. The second-order valence-corrected chi connectivity index (χ2v) is 9.10. The van der Waals surface area contributed by atoms with Crippen LogP contribution in [0.2, 0.25) is 0 Å². The predicted molar refractivity (Wildman–Crippen MR) is 134 cm³/mol. The van der Waals surface area contributed by atoms with Gasteiger partial charge in [0.05, 0.1) is 16.5 Å². The van der Waals surface area contributed by atoms with Gasteiger partial charge in [0.2, 0.25) is 5.65 Å². The molecule has 13 heteroatoms. The molecule has 1 aliphatic rings. The molecule has 0 saturated carbocycles. The van der Waals surface area contributed by atoms with Gasteiger partial charge in [-0.05, 0) is 60.2 Å². The van der Waals surface area contributed by atoms with Crippen LogP contribution < -0.4 is 10.6 Å². The summed E-state index contributed by atoms with van der Waals surface area (Å²) in [6.07, 6.45) is 2.01. The van der Waals surface area contributed by atoms with E-state index >= 15 is 0 Å². The average Bonchev–Trinajstić information content (AvgIpc) is 3.52. The number of hydrogen-bond donors (Lipinski definition) is 3. The Labute approximate surface area is 219 Å². The van der Waals surface area contributed by atoms with E-state index in [0.717, 1.165) is 21.8 Å². The van der Waals surface area contributed by atoms with Crippen LogP contribution in [0.4, 0.5) is 10.1 Å². The van der Waals surface area contributed by atoms with Crippen LogP contribution in [0.3, 0.4) is 0 Å². The first-order valence-electron chi connectivity index (χ1n) is 11.9. The monoisotopic (exact) mass is 532 g/mol. The predicted octanol–water partition coefficient (Wildman–Crippen LogP) is 3.13. The molecule has 1 atom stereocenters. The van der Waals surface area contributed by atoms with E-state index < -0.39 is 34.4 Å². The van der Waals surface area contributed by atoms with Gasteiger partial charge in [-0.1, -0.05) is 18.2 Å². The molecule has 0 spiro atoms. The quantitative estimate of drug-likeness (QED) is 0.241. The Morgan fingerprint density at radius 2 is 1.97 bits per heavy atom. The zero-order valence-corrected chi connectivity index (χ0v) is 20.5. The van der Waals surface area contributed by atoms with E-state index in [0.29, 0.717) is 24.0 Å². The molecule has 0 saturated heterocycles. The van der Waals surface area contributed by atoms with Crippen molar-refractivity contribution in [2.45, 2.75) is 32.4 Å². The number of carbonyl (C=O) groups is 3. The SMILES string of the molecule is Cc1cc(CNC(=O)c2cc(C(=O)N[C@H]3CCc4cc(C(=O)O)ccc43)nc3c([N+](=O)[O-])cnn23)ccc1F. The van der Waals surface area contributed by atoms with E-state index in [9.17, 15) is 34.0 Å². The Kier molecular flexibility index (Phi) is 6.48. The van der Waals surface area contributed by atoms with Gasteiger partial charge in [0, 0.05) is 12.6 Å². The Balaban J connectivity index is 1.44. The Morgan fingerprint density at radius 3 is 2.69 bits per heavy atom. The maximum absolute atomic E-state index is 13.6. The topological polar surface area (TPSA) is 169 Å². The molecule has 5 rings (SSSR count). The second-order valence-electron chi connectivity index (χ2n) is 9.10. The Hall–Kier alpha value is -5.20. The molecule has 2 heterocycles. The van der Waals surface area contributed by atoms with Gasteiger partial charge in [0.25, 0.3) is 11.8 Å². The van der Waals surface area contributed by atoms with Gasteiger partial charge in [0.15, 0.2) is 0 Å². The van der Waals surface area contributed by atoms with Crippen molar-refractivity contribution < 1.29 is 28.8 Å². The molecule has 2 aromatic carbocycles. The minimum absolute atomic E-state index is 0.0336. The lowest BCUT2D eigenvalue weighted by molar-refractivity contribution is -0.383. The summed E-state index contributed by atoms with van der Waals surface area (Å²) in [5.41, 5.74) is 1.58. The highest BCUT2D eigenvalue weighted by molar-refractivity contribution is 5.99. The van der Waals surface area contributed by atoms with Gasteiger partial charge < -0.3 is 15.7 Å². The molecule has 0 aliphatic heterocycles. The molecule has 2 amide bonds.